The molecule has 2 aliphatic heterocycles. The molecule has 2 saturated heterocycles. The number of benzene rings is 2. The molecule has 1 aromatic heterocycles. The number of halogens is 2. The number of fused-ring (bicyclic) bond motifs is 2. The molecule has 5 rings (SSSR count). The summed E-state index contributed by atoms with van der Waals surface area (Å²) in [5, 5.41) is 3.94. The van der Waals surface area contributed by atoms with Crippen molar-refractivity contribution in [2.45, 2.75) is 31.4 Å². The molecule has 0 spiro atoms. The van der Waals surface area contributed by atoms with E-state index in [9.17, 15) is 13.0 Å². The van der Waals surface area contributed by atoms with Gasteiger partial charge in [-0.1, -0.05) is 0 Å². The molecule has 3 heterocycles. The Hall–Kier alpha value is -2.89. The Morgan fingerprint density at radius 3 is 2.74 bits per heavy atom. The van der Waals surface area contributed by atoms with Crippen LogP contribution >= 0.6 is 0 Å². The van der Waals surface area contributed by atoms with Gasteiger partial charge in [-0.2, -0.15) is 4.36 Å². The number of hydrogen-bond donors (Lipinski definition) is 1. The third-order valence-electron chi connectivity index (χ3n) is 5.67. The average Bonchev–Trinajstić information content (AvgIpc) is 3.32. The minimum Gasteiger partial charge on any atom is -0.483 e. The molecule has 8 nitrogen and oxygen atoms in total. The second kappa shape index (κ2) is 8.71. The van der Waals surface area contributed by atoms with Gasteiger partial charge in [0.05, 0.1) is 30.1 Å². The third-order valence-corrected chi connectivity index (χ3v) is 6.32. The minimum absolute atomic E-state index is 0.0467. The zero-order valence-corrected chi connectivity index (χ0v) is 19.6. The monoisotopic (exact) mass is 490 g/mol. The summed E-state index contributed by atoms with van der Waals surface area (Å²) in [7, 11) is -2.33. The van der Waals surface area contributed by atoms with E-state index in [1.807, 2.05) is 13.0 Å². The van der Waals surface area contributed by atoms with Gasteiger partial charge < -0.3 is 19.5 Å². The maximum absolute atomic E-state index is 14.1. The largest absolute Gasteiger partial charge is 0.483 e. The topological polar surface area (TPSA) is 94.9 Å². The van der Waals surface area contributed by atoms with Crippen molar-refractivity contribution < 1.29 is 27.2 Å². The van der Waals surface area contributed by atoms with Crippen molar-refractivity contribution in [3.63, 3.8) is 0 Å². The van der Waals surface area contributed by atoms with E-state index in [0.29, 0.717) is 22.7 Å². The predicted molar refractivity (Wildman–Crippen MR) is 125 cm³/mol. The first kappa shape index (κ1) is 22.9. The molecule has 1 unspecified atom stereocenters. The molecule has 2 fully saturated rings. The van der Waals surface area contributed by atoms with E-state index in [1.54, 1.807) is 24.6 Å². The van der Waals surface area contributed by atoms with E-state index in [2.05, 4.69) is 19.6 Å². The van der Waals surface area contributed by atoms with Gasteiger partial charge in [0.15, 0.2) is 12.3 Å². The summed E-state index contributed by atoms with van der Waals surface area (Å²) < 4.78 is 61.4. The molecule has 11 heteroatoms. The summed E-state index contributed by atoms with van der Waals surface area (Å²) in [5.41, 5.74) is 2.48. The number of ether oxygens (including phenoxy) is 3. The maximum atomic E-state index is 14.1. The standard InChI is InChI=1S/C23H24F2N4O4S/c1-12-6-14(29-34(2,3)30)8-17-20(12)23(27-11-26-17)28-16-5-4-13(24)7-18(16)33-19-10-32-21-15(25)9-31-22(19)21/h4-8,11,15,19,21-22H,9-10H2,1-3H3,(H,26,27,28)/t15-,19+,21+,22?/m0/s1. The van der Waals surface area contributed by atoms with Crippen LogP contribution in [0.1, 0.15) is 5.56 Å². The van der Waals surface area contributed by atoms with Crippen molar-refractivity contribution in [1.82, 2.24) is 9.97 Å². The molecule has 3 aromatic rings. The van der Waals surface area contributed by atoms with Crippen molar-refractivity contribution in [2.24, 2.45) is 4.36 Å². The van der Waals surface area contributed by atoms with Crippen LogP contribution in [0.25, 0.3) is 10.9 Å². The Labute approximate surface area is 195 Å². The van der Waals surface area contributed by atoms with Crippen LogP contribution in [0.15, 0.2) is 41.0 Å². The van der Waals surface area contributed by atoms with E-state index in [-0.39, 0.29) is 19.0 Å². The lowest BCUT2D eigenvalue weighted by Gasteiger charge is -2.20. The number of aryl methyl sites for hydroxylation is 1. The Balaban J connectivity index is 1.48. The van der Waals surface area contributed by atoms with Crippen LogP contribution in [0.5, 0.6) is 5.75 Å². The normalized spacial score (nSPS) is 24.3. The molecule has 0 radical (unpaired) electrons. The first-order valence-electron chi connectivity index (χ1n) is 10.7. The number of nitrogens with zero attached hydrogens (tertiary/aromatic N) is 3. The fourth-order valence-electron chi connectivity index (χ4n) is 4.28. The van der Waals surface area contributed by atoms with Gasteiger partial charge in [0.2, 0.25) is 0 Å². The van der Waals surface area contributed by atoms with E-state index >= 15 is 0 Å². The summed E-state index contributed by atoms with van der Waals surface area (Å²) in [6.45, 7) is 1.98. The Bertz CT molecular complexity index is 1370. The van der Waals surface area contributed by atoms with Crippen LogP contribution in [0.3, 0.4) is 0 Å². The van der Waals surface area contributed by atoms with E-state index in [4.69, 9.17) is 14.2 Å². The number of hydrogen-bond acceptors (Lipinski definition) is 8. The van der Waals surface area contributed by atoms with Crippen LogP contribution in [0.4, 0.5) is 26.0 Å². The third kappa shape index (κ3) is 4.55. The fourth-order valence-corrected chi connectivity index (χ4v) is 4.89. The first-order valence-corrected chi connectivity index (χ1v) is 13.0. The predicted octanol–water partition coefficient (Wildman–Crippen LogP) is 4.06. The molecule has 2 aromatic carbocycles. The number of anilines is 2. The molecule has 180 valence electrons. The summed E-state index contributed by atoms with van der Waals surface area (Å²) in [5.74, 6) is 0.234. The van der Waals surface area contributed by atoms with Crippen molar-refractivity contribution in [3.05, 3.63) is 48.0 Å². The van der Waals surface area contributed by atoms with Crippen molar-refractivity contribution in [1.29, 1.82) is 0 Å². The van der Waals surface area contributed by atoms with Crippen molar-refractivity contribution in [2.75, 3.05) is 31.0 Å². The lowest BCUT2D eigenvalue weighted by Crippen LogP contribution is -2.34. The van der Waals surface area contributed by atoms with Crippen LogP contribution in [0, 0.1) is 12.7 Å². The van der Waals surface area contributed by atoms with E-state index in [0.717, 1.165) is 10.9 Å². The summed E-state index contributed by atoms with van der Waals surface area (Å²) in [6, 6.07) is 7.65. The molecular weight excluding hydrogens is 466 g/mol. The summed E-state index contributed by atoms with van der Waals surface area (Å²) in [4.78, 5) is 8.70. The molecule has 1 N–H and O–H groups in total. The SMILES string of the molecule is Cc1cc(N=S(C)(C)=O)cc2ncnc(Nc3ccc(F)cc3O[C@@H]3CO[C@H]4C3OC[C@@H]4F)c12. The van der Waals surface area contributed by atoms with Gasteiger partial charge in [-0.15, -0.1) is 0 Å². The highest BCUT2D eigenvalue weighted by molar-refractivity contribution is 7.92. The van der Waals surface area contributed by atoms with Gasteiger partial charge >= 0.3 is 0 Å². The Morgan fingerprint density at radius 1 is 1.15 bits per heavy atom. The number of nitrogens with one attached hydrogen (secondary N) is 1. The second-order valence-corrected chi connectivity index (χ2v) is 11.2. The smallest absolute Gasteiger partial charge is 0.152 e. The van der Waals surface area contributed by atoms with Crippen molar-refractivity contribution >= 4 is 37.8 Å². The lowest BCUT2D eigenvalue weighted by molar-refractivity contribution is 0.0283. The maximum Gasteiger partial charge on any atom is 0.152 e. The zero-order valence-electron chi connectivity index (χ0n) is 18.8. The van der Waals surface area contributed by atoms with Gasteiger partial charge in [-0.3, -0.25) is 0 Å². The molecule has 0 amide bonds. The van der Waals surface area contributed by atoms with Crippen LogP contribution in [-0.4, -0.2) is 64.4 Å². The number of aromatic nitrogens is 2. The summed E-state index contributed by atoms with van der Waals surface area (Å²) >= 11 is 0. The van der Waals surface area contributed by atoms with Crippen LogP contribution in [-0.2, 0) is 19.2 Å². The molecule has 0 saturated carbocycles. The highest BCUT2D eigenvalue weighted by atomic mass is 32.2. The second-order valence-electron chi connectivity index (χ2n) is 8.69. The van der Waals surface area contributed by atoms with Gasteiger partial charge in [0, 0.05) is 33.7 Å². The fraction of sp³-hybridized carbons (Fsp3) is 0.391. The highest BCUT2D eigenvalue weighted by Crippen LogP contribution is 2.37. The average molecular weight is 491 g/mol. The Morgan fingerprint density at radius 2 is 1.94 bits per heavy atom. The van der Waals surface area contributed by atoms with E-state index < -0.39 is 40.0 Å². The van der Waals surface area contributed by atoms with Crippen molar-refractivity contribution in [3.8, 4) is 5.75 Å². The molecule has 2 aliphatic rings. The van der Waals surface area contributed by atoms with Gasteiger partial charge in [0.25, 0.3) is 0 Å². The lowest BCUT2D eigenvalue weighted by atomic mass is 10.1. The quantitative estimate of drug-likeness (QED) is 0.576. The molecule has 0 bridgehead atoms. The summed E-state index contributed by atoms with van der Waals surface area (Å²) in [6.07, 6.45) is 1.53. The van der Waals surface area contributed by atoms with E-state index in [1.165, 1.54) is 18.5 Å². The van der Waals surface area contributed by atoms with Crippen LogP contribution in [0.2, 0.25) is 0 Å². The zero-order chi connectivity index (χ0) is 24.0. The molecule has 34 heavy (non-hydrogen) atoms. The number of rotatable bonds is 5. The van der Waals surface area contributed by atoms with Gasteiger partial charge in [-0.25, -0.2) is 23.0 Å². The molecule has 0 aliphatic carbocycles. The number of alkyl halides is 1. The highest BCUT2D eigenvalue weighted by Gasteiger charge is 2.49. The molecule has 4 atom stereocenters. The first-order chi connectivity index (χ1) is 16.2. The van der Waals surface area contributed by atoms with Crippen LogP contribution < -0.4 is 10.1 Å². The molecular formula is C23H24F2N4O4S. The Kier molecular flexibility index (Phi) is 5.86. The van der Waals surface area contributed by atoms with Gasteiger partial charge in [-0.05, 0) is 36.8 Å². The minimum atomic E-state index is -2.33. The van der Waals surface area contributed by atoms with Gasteiger partial charge in [0.1, 0.15) is 35.9 Å².